The standard InChI is InChI=1S/C17H25NO2/c1-2-20-17-11-9-14(12-15(17)18)16(19)10-8-13-6-4-3-5-7-13/h9,11-13H,2-8,10,18H2,1H3. The zero-order valence-corrected chi connectivity index (χ0v) is 12.4. The summed E-state index contributed by atoms with van der Waals surface area (Å²) < 4.78 is 5.39. The Morgan fingerprint density at radius 2 is 2.05 bits per heavy atom. The fraction of sp³-hybridized carbons (Fsp3) is 0.588. The first-order valence-electron chi connectivity index (χ1n) is 7.76. The van der Waals surface area contributed by atoms with Crippen LogP contribution in [0.2, 0.25) is 0 Å². The molecule has 0 aliphatic heterocycles. The molecule has 3 nitrogen and oxygen atoms in total. The molecule has 2 N–H and O–H groups in total. The Bertz CT molecular complexity index is 450. The normalized spacial score (nSPS) is 16.1. The number of carbonyl (C=O) groups excluding carboxylic acids is 1. The largest absolute Gasteiger partial charge is 0.492 e. The maximum atomic E-state index is 12.2. The molecular formula is C17H25NO2. The van der Waals surface area contributed by atoms with E-state index in [1.807, 2.05) is 13.0 Å². The van der Waals surface area contributed by atoms with Gasteiger partial charge in [-0.15, -0.1) is 0 Å². The summed E-state index contributed by atoms with van der Waals surface area (Å²) in [4.78, 5) is 12.2. The molecule has 0 radical (unpaired) electrons. The number of Topliss-reactive ketones (excluding diaryl/α,β-unsaturated/α-hetero) is 1. The molecule has 0 spiro atoms. The number of rotatable bonds is 6. The molecule has 0 bridgehead atoms. The first kappa shape index (κ1) is 14.9. The van der Waals surface area contributed by atoms with Gasteiger partial charge in [0.05, 0.1) is 12.3 Å². The van der Waals surface area contributed by atoms with E-state index in [1.54, 1.807) is 12.1 Å². The number of nitrogens with two attached hydrogens (primary N) is 1. The molecule has 0 heterocycles. The monoisotopic (exact) mass is 275 g/mol. The summed E-state index contributed by atoms with van der Waals surface area (Å²) in [6, 6.07) is 5.37. The second kappa shape index (κ2) is 7.32. The van der Waals surface area contributed by atoms with Crippen LogP contribution in [-0.2, 0) is 0 Å². The quantitative estimate of drug-likeness (QED) is 0.625. The van der Waals surface area contributed by atoms with E-state index in [1.165, 1.54) is 32.1 Å². The third-order valence-corrected chi connectivity index (χ3v) is 4.14. The van der Waals surface area contributed by atoms with Crippen LogP contribution in [0.3, 0.4) is 0 Å². The highest BCUT2D eigenvalue weighted by atomic mass is 16.5. The van der Waals surface area contributed by atoms with Gasteiger partial charge in [0.15, 0.2) is 5.78 Å². The molecule has 0 aromatic heterocycles. The Morgan fingerprint density at radius 3 is 2.70 bits per heavy atom. The van der Waals surface area contributed by atoms with E-state index in [-0.39, 0.29) is 5.78 Å². The fourth-order valence-electron chi connectivity index (χ4n) is 2.96. The van der Waals surface area contributed by atoms with Crippen LogP contribution in [0.1, 0.15) is 62.2 Å². The van der Waals surface area contributed by atoms with Gasteiger partial charge >= 0.3 is 0 Å². The highest BCUT2D eigenvalue weighted by Gasteiger charge is 2.16. The zero-order valence-electron chi connectivity index (χ0n) is 12.4. The molecule has 20 heavy (non-hydrogen) atoms. The van der Waals surface area contributed by atoms with Gasteiger partial charge in [0, 0.05) is 12.0 Å². The number of ketones is 1. The van der Waals surface area contributed by atoms with Crippen LogP contribution in [-0.4, -0.2) is 12.4 Å². The summed E-state index contributed by atoms with van der Waals surface area (Å²) in [5.74, 6) is 1.61. The molecule has 0 amide bonds. The van der Waals surface area contributed by atoms with E-state index in [2.05, 4.69) is 0 Å². The van der Waals surface area contributed by atoms with E-state index in [9.17, 15) is 4.79 Å². The van der Waals surface area contributed by atoms with Gasteiger partial charge in [-0.25, -0.2) is 0 Å². The lowest BCUT2D eigenvalue weighted by atomic mass is 9.85. The average Bonchev–Trinajstić information content (AvgIpc) is 2.48. The number of carbonyl (C=O) groups is 1. The molecule has 0 saturated heterocycles. The van der Waals surface area contributed by atoms with Gasteiger partial charge in [-0.3, -0.25) is 4.79 Å². The summed E-state index contributed by atoms with van der Waals surface area (Å²) in [6.45, 7) is 2.50. The molecule has 1 fully saturated rings. The number of hydrogen-bond donors (Lipinski definition) is 1. The van der Waals surface area contributed by atoms with Crippen molar-refractivity contribution in [2.24, 2.45) is 5.92 Å². The molecule has 110 valence electrons. The maximum absolute atomic E-state index is 12.2. The van der Waals surface area contributed by atoms with Crippen molar-refractivity contribution in [1.82, 2.24) is 0 Å². The highest BCUT2D eigenvalue weighted by molar-refractivity contribution is 5.97. The van der Waals surface area contributed by atoms with Crippen LogP contribution in [0.15, 0.2) is 18.2 Å². The van der Waals surface area contributed by atoms with Crippen LogP contribution >= 0.6 is 0 Å². The summed E-state index contributed by atoms with van der Waals surface area (Å²) in [5.41, 5.74) is 7.17. The van der Waals surface area contributed by atoms with Gasteiger partial charge in [-0.05, 0) is 37.5 Å². The topological polar surface area (TPSA) is 52.3 Å². The Labute approximate surface area is 121 Å². The lowest BCUT2D eigenvalue weighted by Gasteiger charge is -2.20. The van der Waals surface area contributed by atoms with Crippen molar-refractivity contribution in [3.8, 4) is 5.75 Å². The molecule has 1 aromatic carbocycles. The summed E-state index contributed by atoms with van der Waals surface area (Å²) in [5, 5.41) is 0. The molecule has 1 aromatic rings. The van der Waals surface area contributed by atoms with E-state index in [0.717, 1.165) is 12.3 Å². The predicted octanol–water partition coefficient (Wildman–Crippen LogP) is 4.21. The highest BCUT2D eigenvalue weighted by Crippen LogP contribution is 2.28. The van der Waals surface area contributed by atoms with Crippen LogP contribution < -0.4 is 10.5 Å². The van der Waals surface area contributed by atoms with Crippen molar-refractivity contribution >= 4 is 11.5 Å². The van der Waals surface area contributed by atoms with Crippen molar-refractivity contribution in [3.63, 3.8) is 0 Å². The van der Waals surface area contributed by atoms with Crippen molar-refractivity contribution in [3.05, 3.63) is 23.8 Å². The summed E-state index contributed by atoms with van der Waals surface area (Å²) in [6.07, 6.45) is 8.25. The lowest BCUT2D eigenvalue weighted by molar-refractivity contribution is 0.0970. The first-order chi connectivity index (χ1) is 9.70. The van der Waals surface area contributed by atoms with Crippen LogP contribution in [0.25, 0.3) is 0 Å². The van der Waals surface area contributed by atoms with E-state index in [0.29, 0.717) is 30.0 Å². The number of hydrogen-bond acceptors (Lipinski definition) is 3. The Hall–Kier alpha value is -1.51. The zero-order chi connectivity index (χ0) is 14.4. The van der Waals surface area contributed by atoms with Gasteiger partial charge in [0.25, 0.3) is 0 Å². The van der Waals surface area contributed by atoms with Gasteiger partial charge in [0.1, 0.15) is 5.75 Å². The van der Waals surface area contributed by atoms with Crippen molar-refractivity contribution < 1.29 is 9.53 Å². The van der Waals surface area contributed by atoms with Gasteiger partial charge in [-0.1, -0.05) is 32.1 Å². The number of nitrogen functional groups attached to an aromatic ring is 1. The minimum absolute atomic E-state index is 0.199. The summed E-state index contributed by atoms with van der Waals surface area (Å²) in [7, 11) is 0. The number of benzene rings is 1. The minimum Gasteiger partial charge on any atom is -0.492 e. The lowest BCUT2D eigenvalue weighted by Crippen LogP contribution is -2.09. The molecule has 0 atom stereocenters. The van der Waals surface area contributed by atoms with Gasteiger partial charge in [-0.2, -0.15) is 0 Å². The van der Waals surface area contributed by atoms with Crippen LogP contribution in [0, 0.1) is 5.92 Å². The smallest absolute Gasteiger partial charge is 0.162 e. The first-order valence-corrected chi connectivity index (χ1v) is 7.76. The summed E-state index contributed by atoms with van der Waals surface area (Å²) >= 11 is 0. The molecule has 1 aliphatic carbocycles. The molecule has 2 rings (SSSR count). The molecule has 0 unspecified atom stereocenters. The maximum Gasteiger partial charge on any atom is 0.162 e. The van der Waals surface area contributed by atoms with Gasteiger partial charge in [0.2, 0.25) is 0 Å². The third-order valence-electron chi connectivity index (χ3n) is 4.14. The molecular weight excluding hydrogens is 250 g/mol. The molecule has 1 saturated carbocycles. The Balaban J connectivity index is 1.89. The fourth-order valence-corrected chi connectivity index (χ4v) is 2.96. The molecule has 1 aliphatic rings. The minimum atomic E-state index is 0.199. The van der Waals surface area contributed by atoms with Gasteiger partial charge < -0.3 is 10.5 Å². The Kier molecular flexibility index (Phi) is 5.45. The molecule has 3 heteroatoms. The Morgan fingerprint density at radius 1 is 1.30 bits per heavy atom. The average molecular weight is 275 g/mol. The van der Waals surface area contributed by atoms with E-state index < -0.39 is 0 Å². The van der Waals surface area contributed by atoms with Crippen LogP contribution in [0.4, 0.5) is 5.69 Å². The van der Waals surface area contributed by atoms with Crippen molar-refractivity contribution in [1.29, 1.82) is 0 Å². The SMILES string of the molecule is CCOc1ccc(C(=O)CCC2CCCCC2)cc1N. The van der Waals surface area contributed by atoms with Crippen molar-refractivity contribution in [2.45, 2.75) is 51.9 Å². The number of anilines is 1. The predicted molar refractivity (Wildman–Crippen MR) is 82.2 cm³/mol. The van der Waals surface area contributed by atoms with Crippen molar-refractivity contribution in [2.75, 3.05) is 12.3 Å². The second-order valence-corrected chi connectivity index (χ2v) is 5.65. The van der Waals surface area contributed by atoms with Crippen LogP contribution in [0.5, 0.6) is 5.75 Å². The second-order valence-electron chi connectivity index (χ2n) is 5.65. The third kappa shape index (κ3) is 3.99. The number of ether oxygens (including phenoxy) is 1. The van der Waals surface area contributed by atoms with E-state index >= 15 is 0 Å². The van der Waals surface area contributed by atoms with E-state index in [4.69, 9.17) is 10.5 Å².